The van der Waals surface area contributed by atoms with E-state index >= 15 is 0 Å². The third-order valence-electron chi connectivity index (χ3n) is 5.15. The second kappa shape index (κ2) is 7.92. The van der Waals surface area contributed by atoms with Crippen molar-refractivity contribution in [2.45, 2.75) is 25.8 Å². The van der Waals surface area contributed by atoms with E-state index in [-0.39, 0.29) is 29.0 Å². The number of hydrogen-bond donors (Lipinski definition) is 0. The Kier molecular flexibility index (Phi) is 5.60. The number of ether oxygens (including phenoxy) is 1. The summed E-state index contributed by atoms with van der Waals surface area (Å²) in [6, 6.07) is 8.90. The van der Waals surface area contributed by atoms with Gasteiger partial charge >= 0.3 is 0 Å². The smallest absolute Gasteiger partial charge is 0.278 e. The summed E-state index contributed by atoms with van der Waals surface area (Å²) in [6.07, 6.45) is 1.83. The van der Waals surface area contributed by atoms with E-state index in [4.69, 9.17) is 4.74 Å². The van der Waals surface area contributed by atoms with Crippen LogP contribution in [-0.4, -0.2) is 65.8 Å². The molecule has 144 valence electrons. The van der Waals surface area contributed by atoms with Crippen LogP contribution in [0.5, 0.6) is 5.75 Å². The molecule has 0 atom stereocenters. The molecule has 1 saturated heterocycles. The minimum atomic E-state index is -0.339. The van der Waals surface area contributed by atoms with Crippen LogP contribution in [-0.2, 0) is 0 Å². The molecule has 3 rings (SSSR count). The SMILES string of the molecule is COc1cc(=O)n(-c2ccc(C)cc2)nc1C(=O)N(C)C1CCN(C)CC1. The highest BCUT2D eigenvalue weighted by Gasteiger charge is 2.28. The Morgan fingerprint density at radius 2 is 1.85 bits per heavy atom. The van der Waals surface area contributed by atoms with E-state index in [0.717, 1.165) is 31.5 Å². The number of aromatic nitrogens is 2. The molecule has 0 bridgehead atoms. The molecular weight excluding hydrogens is 344 g/mol. The fourth-order valence-electron chi connectivity index (χ4n) is 3.33. The molecule has 0 N–H and O–H groups in total. The van der Waals surface area contributed by atoms with Gasteiger partial charge in [0.25, 0.3) is 11.5 Å². The van der Waals surface area contributed by atoms with Crippen LogP contribution in [0, 0.1) is 6.92 Å². The van der Waals surface area contributed by atoms with Crippen LogP contribution in [0.15, 0.2) is 35.1 Å². The normalized spacial score (nSPS) is 15.6. The van der Waals surface area contributed by atoms with Crippen LogP contribution in [0.25, 0.3) is 5.69 Å². The Labute approximate surface area is 159 Å². The molecule has 2 heterocycles. The van der Waals surface area contributed by atoms with E-state index in [2.05, 4.69) is 17.0 Å². The third-order valence-corrected chi connectivity index (χ3v) is 5.15. The lowest BCUT2D eigenvalue weighted by Crippen LogP contribution is -2.45. The Bertz CT molecular complexity index is 868. The summed E-state index contributed by atoms with van der Waals surface area (Å²) in [5.74, 6) is -0.0320. The van der Waals surface area contributed by atoms with Crippen molar-refractivity contribution in [1.82, 2.24) is 19.6 Å². The number of benzene rings is 1. The topological polar surface area (TPSA) is 67.7 Å². The maximum atomic E-state index is 13.1. The maximum Gasteiger partial charge on any atom is 0.278 e. The number of piperidine rings is 1. The fourth-order valence-corrected chi connectivity index (χ4v) is 3.33. The summed E-state index contributed by atoms with van der Waals surface area (Å²) in [5.41, 5.74) is 1.51. The molecule has 0 radical (unpaired) electrons. The first kappa shape index (κ1) is 19.1. The van der Waals surface area contributed by atoms with Gasteiger partial charge in [-0.15, -0.1) is 0 Å². The molecule has 1 aliphatic heterocycles. The fraction of sp³-hybridized carbons (Fsp3) is 0.450. The first-order chi connectivity index (χ1) is 12.9. The summed E-state index contributed by atoms with van der Waals surface area (Å²) in [7, 11) is 5.32. The van der Waals surface area contributed by atoms with Crippen LogP contribution in [0.3, 0.4) is 0 Å². The zero-order chi connectivity index (χ0) is 19.6. The van der Waals surface area contributed by atoms with E-state index in [1.165, 1.54) is 17.9 Å². The third kappa shape index (κ3) is 4.03. The second-order valence-corrected chi connectivity index (χ2v) is 7.10. The molecule has 2 aromatic rings. The van der Waals surface area contributed by atoms with Crippen LogP contribution in [0.2, 0.25) is 0 Å². The summed E-state index contributed by atoms with van der Waals surface area (Å²) in [5, 5.41) is 4.35. The van der Waals surface area contributed by atoms with Gasteiger partial charge in [-0.05, 0) is 52.0 Å². The molecule has 1 fully saturated rings. The lowest BCUT2D eigenvalue weighted by atomic mass is 10.0. The minimum Gasteiger partial charge on any atom is -0.494 e. The second-order valence-electron chi connectivity index (χ2n) is 7.10. The van der Waals surface area contributed by atoms with E-state index < -0.39 is 0 Å². The Morgan fingerprint density at radius 1 is 1.22 bits per heavy atom. The molecule has 0 spiro atoms. The van der Waals surface area contributed by atoms with Gasteiger partial charge in [-0.2, -0.15) is 9.78 Å². The number of carbonyl (C=O) groups is 1. The van der Waals surface area contributed by atoms with E-state index in [1.54, 1.807) is 11.9 Å². The standard InChI is InChI=1S/C20H26N4O3/c1-14-5-7-16(8-6-14)24-18(25)13-17(27-4)19(21-24)20(26)23(3)15-9-11-22(2)12-10-15/h5-8,13,15H,9-12H2,1-4H3. The monoisotopic (exact) mass is 370 g/mol. The van der Waals surface area contributed by atoms with Crippen molar-refractivity contribution in [1.29, 1.82) is 0 Å². The van der Waals surface area contributed by atoms with Gasteiger partial charge < -0.3 is 14.5 Å². The van der Waals surface area contributed by atoms with Crippen molar-refractivity contribution in [2.75, 3.05) is 34.3 Å². The summed E-state index contributed by atoms with van der Waals surface area (Å²) >= 11 is 0. The summed E-state index contributed by atoms with van der Waals surface area (Å²) in [4.78, 5) is 29.5. The highest BCUT2D eigenvalue weighted by Crippen LogP contribution is 2.20. The molecule has 1 aromatic carbocycles. The first-order valence-electron chi connectivity index (χ1n) is 9.12. The van der Waals surface area contributed by atoms with Crippen LogP contribution in [0.4, 0.5) is 0 Å². The number of likely N-dealkylation sites (tertiary alicyclic amines) is 1. The number of methoxy groups -OCH3 is 1. The van der Waals surface area contributed by atoms with Crippen molar-refractivity contribution in [3.05, 3.63) is 51.9 Å². The molecule has 1 aliphatic rings. The first-order valence-corrected chi connectivity index (χ1v) is 9.12. The van der Waals surface area contributed by atoms with Crippen molar-refractivity contribution in [2.24, 2.45) is 0 Å². The zero-order valence-corrected chi connectivity index (χ0v) is 16.3. The highest BCUT2D eigenvalue weighted by atomic mass is 16.5. The van der Waals surface area contributed by atoms with Gasteiger partial charge in [-0.25, -0.2) is 0 Å². The molecule has 7 heteroatoms. The van der Waals surface area contributed by atoms with Crippen molar-refractivity contribution in [3.63, 3.8) is 0 Å². The van der Waals surface area contributed by atoms with E-state index in [0.29, 0.717) is 5.69 Å². The molecule has 0 aliphatic carbocycles. The van der Waals surface area contributed by atoms with Crippen LogP contribution < -0.4 is 10.3 Å². The molecule has 1 amide bonds. The van der Waals surface area contributed by atoms with Crippen molar-refractivity contribution < 1.29 is 9.53 Å². The quantitative estimate of drug-likeness (QED) is 0.820. The number of aryl methyl sites for hydroxylation is 1. The lowest BCUT2D eigenvalue weighted by Gasteiger charge is -2.35. The molecule has 7 nitrogen and oxygen atoms in total. The number of nitrogens with zero attached hydrogens (tertiary/aromatic N) is 4. The predicted molar refractivity (Wildman–Crippen MR) is 104 cm³/mol. The number of amides is 1. The molecule has 1 aromatic heterocycles. The minimum absolute atomic E-state index is 0.152. The van der Waals surface area contributed by atoms with E-state index in [1.807, 2.05) is 31.2 Å². The van der Waals surface area contributed by atoms with Crippen molar-refractivity contribution in [3.8, 4) is 11.4 Å². The average molecular weight is 370 g/mol. The summed E-state index contributed by atoms with van der Waals surface area (Å²) in [6.45, 7) is 3.88. The molecule has 0 unspecified atom stereocenters. The Balaban J connectivity index is 1.95. The van der Waals surface area contributed by atoms with Gasteiger partial charge in [0.1, 0.15) is 0 Å². The van der Waals surface area contributed by atoms with Gasteiger partial charge in [0.2, 0.25) is 0 Å². The average Bonchev–Trinajstić information content (AvgIpc) is 2.68. The van der Waals surface area contributed by atoms with Gasteiger partial charge in [0.15, 0.2) is 11.4 Å². The van der Waals surface area contributed by atoms with E-state index in [9.17, 15) is 9.59 Å². The number of carbonyl (C=O) groups excluding carboxylic acids is 1. The molecular formula is C20H26N4O3. The number of hydrogen-bond acceptors (Lipinski definition) is 5. The van der Waals surface area contributed by atoms with Crippen LogP contribution >= 0.6 is 0 Å². The van der Waals surface area contributed by atoms with Gasteiger partial charge in [-0.1, -0.05) is 17.7 Å². The largest absolute Gasteiger partial charge is 0.494 e. The van der Waals surface area contributed by atoms with Crippen LogP contribution in [0.1, 0.15) is 28.9 Å². The summed E-state index contributed by atoms with van der Waals surface area (Å²) < 4.78 is 6.53. The molecule has 0 saturated carbocycles. The Hall–Kier alpha value is -2.67. The maximum absolute atomic E-state index is 13.1. The Morgan fingerprint density at radius 3 is 2.44 bits per heavy atom. The molecule has 27 heavy (non-hydrogen) atoms. The van der Waals surface area contributed by atoms with Gasteiger partial charge in [-0.3, -0.25) is 9.59 Å². The van der Waals surface area contributed by atoms with Gasteiger partial charge in [0.05, 0.1) is 18.9 Å². The zero-order valence-electron chi connectivity index (χ0n) is 16.3. The predicted octanol–water partition coefficient (Wildman–Crippen LogP) is 1.72. The van der Waals surface area contributed by atoms with Crippen molar-refractivity contribution >= 4 is 5.91 Å². The van der Waals surface area contributed by atoms with Gasteiger partial charge in [0, 0.05) is 13.1 Å². The lowest BCUT2D eigenvalue weighted by molar-refractivity contribution is 0.0648. The highest BCUT2D eigenvalue weighted by molar-refractivity contribution is 5.94. The number of rotatable bonds is 4.